The van der Waals surface area contributed by atoms with Crippen LogP contribution in [0, 0.1) is 0 Å². The number of carboxylic acids is 1. The van der Waals surface area contributed by atoms with Crippen molar-refractivity contribution in [3.8, 4) is 11.1 Å². The molecule has 1 aliphatic heterocycles. The van der Waals surface area contributed by atoms with Crippen LogP contribution in [0.25, 0.3) is 11.1 Å². The van der Waals surface area contributed by atoms with Gasteiger partial charge < -0.3 is 10.4 Å². The van der Waals surface area contributed by atoms with E-state index in [-0.39, 0.29) is 23.8 Å². The summed E-state index contributed by atoms with van der Waals surface area (Å²) in [5.41, 5.74) is 0.673. The summed E-state index contributed by atoms with van der Waals surface area (Å²) in [6, 6.07) is 11.3. The van der Waals surface area contributed by atoms with Crippen LogP contribution in [0.4, 0.5) is 4.79 Å². The van der Waals surface area contributed by atoms with Gasteiger partial charge in [0.1, 0.15) is 11.6 Å². The van der Waals surface area contributed by atoms with E-state index in [2.05, 4.69) is 10.0 Å². The summed E-state index contributed by atoms with van der Waals surface area (Å²) >= 11 is 5.89. The van der Waals surface area contributed by atoms with Crippen LogP contribution >= 0.6 is 11.6 Å². The highest BCUT2D eigenvalue weighted by molar-refractivity contribution is 7.89. The minimum atomic E-state index is -4.08. The SMILES string of the molecule is CC1(C)NC(=O)N(CCCC[C@@H](NS(=O)(=O)c2ccc(-c3ccc(Cl)cc3)cc2)C(=O)O)C1=O. The van der Waals surface area contributed by atoms with Crippen LogP contribution in [0.3, 0.4) is 0 Å². The van der Waals surface area contributed by atoms with Gasteiger partial charge in [0.05, 0.1) is 4.90 Å². The average Bonchev–Trinajstić information content (AvgIpc) is 2.97. The molecule has 1 fully saturated rings. The van der Waals surface area contributed by atoms with Gasteiger partial charge in [-0.3, -0.25) is 14.5 Å². The van der Waals surface area contributed by atoms with Crippen LogP contribution in [0.1, 0.15) is 33.1 Å². The van der Waals surface area contributed by atoms with Crippen molar-refractivity contribution in [1.82, 2.24) is 14.9 Å². The zero-order valence-corrected chi connectivity index (χ0v) is 20.3. The zero-order valence-electron chi connectivity index (χ0n) is 18.7. The lowest BCUT2D eigenvalue weighted by atomic mass is 10.1. The van der Waals surface area contributed by atoms with Gasteiger partial charge in [-0.15, -0.1) is 0 Å². The summed E-state index contributed by atoms with van der Waals surface area (Å²) in [7, 11) is -4.08. The quantitative estimate of drug-likeness (QED) is 0.334. The van der Waals surface area contributed by atoms with Crippen LogP contribution in [-0.4, -0.2) is 54.5 Å². The fourth-order valence-corrected chi connectivity index (χ4v) is 4.95. The molecule has 11 heteroatoms. The van der Waals surface area contributed by atoms with Crippen molar-refractivity contribution in [2.24, 2.45) is 0 Å². The molecule has 1 heterocycles. The predicted molar refractivity (Wildman–Crippen MR) is 127 cm³/mol. The second kappa shape index (κ2) is 10.1. The first kappa shape index (κ1) is 25.7. The molecule has 2 aromatic rings. The molecule has 0 unspecified atom stereocenters. The second-order valence-electron chi connectivity index (χ2n) is 8.55. The smallest absolute Gasteiger partial charge is 0.325 e. The molecule has 0 spiro atoms. The summed E-state index contributed by atoms with van der Waals surface area (Å²) in [6.45, 7) is 3.33. The minimum absolute atomic E-state index is 0.00443. The van der Waals surface area contributed by atoms with Gasteiger partial charge in [0.2, 0.25) is 10.0 Å². The van der Waals surface area contributed by atoms with Gasteiger partial charge >= 0.3 is 12.0 Å². The van der Waals surface area contributed by atoms with Crippen molar-refractivity contribution in [1.29, 1.82) is 0 Å². The van der Waals surface area contributed by atoms with Gasteiger partial charge in [-0.05, 0) is 68.5 Å². The average molecular weight is 508 g/mol. The van der Waals surface area contributed by atoms with Gasteiger partial charge in [-0.1, -0.05) is 35.9 Å². The Morgan fingerprint density at radius 1 is 1.06 bits per heavy atom. The Kier molecular flexibility index (Phi) is 7.64. The van der Waals surface area contributed by atoms with E-state index in [0.29, 0.717) is 17.9 Å². The number of nitrogens with one attached hydrogen (secondary N) is 2. The van der Waals surface area contributed by atoms with Crippen molar-refractivity contribution < 1.29 is 27.9 Å². The third-order valence-corrected chi connectivity index (χ3v) is 7.25. The Bertz CT molecular complexity index is 1180. The number of amides is 3. The highest BCUT2D eigenvalue weighted by Crippen LogP contribution is 2.23. The summed E-state index contributed by atoms with van der Waals surface area (Å²) in [5.74, 6) is -1.66. The molecule has 3 amide bonds. The number of carboxylic acid groups (broad SMARTS) is 1. The molecule has 182 valence electrons. The van der Waals surface area contributed by atoms with Crippen molar-refractivity contribution in [3.05, 3.63) is 53.6 Å². The Morgan fingerprint density at radius 2 is 1.62 bits per heavy atom. The Hall–Kier alpha value is -2.95. The Labute approximate surface area is 203 Å². The number of nitrogens with zero attached hydrogens (tertiary/aromatic N) is 1. The van der Waals surface area contributed by atoms with Gasteiger partial charge in [0, 0.05) is 11.6 Å². The first-order valence-corrected chi connectivity index (χ1v) is 12.5. The molecule has 0 saturated carbocycles. The standard InChI is InChI=1S/C23H26ClN3O6S/c1-23(2)21(30)27(22(31)25-23)14-4-3-5-19(20(28)29)26-34(32,33)18-12-8-16(9-13-18)15-6-10-17(24)11-7-15/h6-13,19,26H,3-5,14H2,1-2H3,(H,25,31)(H,28,29)/t19-/m1/s1. The number of carbonyl (C=O) groups is 3. The normalized spacial score (nSPS) is 16.4. The first-order chi connectivity index (χ1) is 15.9. The fraction of sp³-hybridized carbons (Fsp3) is 0.348. The van der Waals surface area contributed by atoms with Crippen LogP contribution in [-0.2, 0) is 19.6 Å². The van der Waals surface area contributed by atoms with Gasteiger partial charge in [-0.2, -0.15) is 4.72 Å². The molecule has 3 N–H and O–H groups in total. The number of sulfonamides is 1. The van der Waals surface area contributed by atoms with E-state index in [1.165, 1.54) is 12.1 Å². The Balaban J connectivity index is 1.59. The molecule has 1 atom stereocenters. The van der Waals surface area contributed by atoms with Gasteiger partial charge in [0.15, 0.2) is 0 Å². The molecule has 1 saturated heterocycles. The molecular formula is C23H26ClN3O6S. The van der Waals surface area contributed by atoms with E-state index in [4.69, 9.17) is 11.6 Å². The van der Waals surface area contributed by atoms with E-state index < -0.39 is 33.6 Å². The number of hydrogen-bond donors (Lipinski definition) is 3. The third-order valence-electron chi connectivity index (χ3n) is 5.51. The minimum Gasteiger partial charge on any atom is -0.480 e. The maximum absolute atomic E-state index is 12.7. The number of urea groups is 1. The number of unbranched alkanes of at least 4 members (excludes halogenated alkanes) is 1. The molecule has 2 aromatic carbocycles. The number of halogens is 1. The molecule has 0 aromatic heterocycles. The molecule has 0 bridgehead atoms. The van der Waals surface area contributed by atoms with Crippen molar-refractivity contribution in [2.75, 3.05) is 6.54 Å². The molecule has 34 heavy (non-hydrogen) atoms. The summed E-state index contributed by atoms with van der Waals surface area (Å²) in [6.07, 6.45) is 0.646. The summed E-state index contributed by atoms with van der Waals surface area (Å²) < 4.78 is 27.7. The van der Waals surface area contributed by atoms with E-state index in [1.807, 2.05) is 12.1 Å². The van der Waals surface area contributed by atoms with Gasteiger partial charge in [0.25, 0.3) is 5.91 Å². The fourth-order valence-electron chi connectivity index (χ4n) is 3.60. The first-order valence-electron chi connectivity index (χ1n) is 10.7. The molecule has 9 nitrogen and oxygen atoms in total. The van der Waals surface area contributed by atoms with E-state index in [0.717, 1.165) is 16.0 Å². The van der Waals surface area contributed by atoms with Crippen LogP contribution < -0.4 is 10.0 Å². The molecular weight excluding hydrogens is 482 g/mol. The second-order valence-corrected chi connectivity index (χ2v) is 10.7. The van der Waals surface area contributed by atoms with Crippen molar-refractivity contribution in [2.45, 2.75) is 49.6 Å². The van der Waals surface area contributed by atoms with E-state index in [1.54, 1.807) is 38.1 Å². The highest BCUT2D eigenvalue weighted by atomic mass is 35.5. The number of rotatable bonds is 10. The van der Waals surface area contributed by atoms with Crippen molar-refractivity contribution in [3.63, 3.8) is 0 Å². The lowest BCUT2D eigenvalue weighted by molar-refractivity contribution is -0.139. The molecule has 1 aliphatic rings. The number of imide groups is 1. The molecule has 0 radical (unpaired) electrons. The number of benzene rings is 2. The molecule has 0 aliphatic carbocycles. The van der Waals surface area contributed by atoms with E-state index in [9.17, 15) is 27.9 Å². The number of hydrogen-bond acceptors (Lipinski definition) is 5. The summed E-state index contributed by atoms with van der Waals surface area (Å²) in [4.78, 5) is 36.8. The van der Waals surface area contributed by atoms with Crippen LogP contribution in [0.2, 0.25) is 5.02 Å². The van der Waals surface area contributed by atoms with Crippen LogP contribution in [0.15, 0.2) is 53.4 Å². The maximum atomic E-state index is 12.7. The Morgan fingerprint density at radius 3 is 2.12 bits per heavy atom. The lowest BCUT2D eigenvalue weighted by Gasteiger charge is -2.17. The maximum Gasteiger partial charge on any atom is 0.325 e. The third kappa shape index (κ3) is 5.94. The molecule has 3 rings (SSSR count). The number of aliphatic carboxylic acids is 1. The predicted octanol–water partition coefficient (Wildman–Crippen LogP) is 3.24. The highest BCUT2D eigenvalue weighted by Gasteiger charge is 2.43. The van der Waals surface area contributed by atoms with E-state index >= 15 is 0 Å². The summed E-state index contributed by atoms with van der Waals surface area (Å²) in [5, 5.41) is 12.7. The zero-order chi connectivity index (χ0) is 25.1. The monoisotopic (exact) mass is 507 g/mol. The largest absolute Gasteiger partial charge is 0.480 e. The van der Waals surface area contributed by atoms with Crippen LogP contribution in [0.5, 0.6) is 0 Å². The topological polar surface area (TPSA) is 133 Å². The number of carbonyl (C=O) groups excluding carboxylic acids is 2. The lowest BCUT2D eigenvalue weighted by Crippen LogP contribution is -2.41. The van der Waals surface area contributed by atoms with Gasteiger partial charge in [-0.25, -0.2) is 13.2 Å². The van der Waals surface area contributed by atoms with Crippen molar-refractivity contribution >= 4 is 39.5 Å².